The first kappa shape index (κ1) is 17.0. The standard InChI is InChI=1S/C16H18ClN3O3/c1-3-4-9-20-15(21)8-6-12(19-20)16(22)18-13-10-11(17)5-7-14(13)23-2/h5-8,10H,3-4,9H2,1-2H3,(H,18,22). The number of amides is 1. The quantitative estimate of drug-likeness (QED) is 0.880. The highest BCUT2D eigenvalue weighted by molar-refractivity contribution is 6.31. The van der Waals surface area contributed by atoms with Crippen LogP contribution in [0, 0.1) is 0 Å². The van der Waals surface area contributed by atoms with Gasteiger partial charge in [-0.3, -0.25) is 9.59 Å². The van der Waals surface area contributed by atoms with Gasteiger partial charge in [-0.1, -0.05) is 24.9 Å². The van der Waals surface area contributed by atoms with Crippen molar-refractivity contribution in [2.24, 2.45) is 0 Å². The molecule has 0 bridgehead atoms. The predicted molar refractivity (Wildman–Crippen MR) is 89.4 cm³/mol. The largest absolute Gasteiger partial charge is 0.495 e. The summed E-state index contributed by atoms with van der Waals surface area (Å²) >= 11 is 5.94. The average Bonchev–Trinajstić information content (AvgIpc) is 2.54. The molecule has 0 atom stereocenters. The predicted octanol–water partition coefficient (Wildman–Crippen LogP) is 2.96. The normalized spacial score (nSPS) is 10.4. The van der Waals surface area contributed by atoms with Crippen LogP contribution in [0.3, 0.4) is 0 Å². The Morgan fingerprint density at radius 3 is 2.83 bits per heavy atom. The van der Waals surface area contributed by atoms with Crippen LogP contribution in [0.4, 0.5) is 5.69 Å². The minimum Gasteiger partial charge on any atom is -0.495 e. The fourth-order valence-corrected chi connectivity index (χ4v) is 2.17. The van der Waals surface area contributed by atoms with Crippen molar-refractivity contribution in [1.29, 1.82) is 0 Å². The lowest BCUT2D eigenvalue weighted by molar-refractivity contribution is 0.101. The highest BCUT2D eigenvalue weighted by Crippen LogP contribution is 2.27. The molecule has 7 heteroatoms. The zero-order valence-electron chi connectivity index (χ0n) is 13.0. The van der Waals surface area contributed by atoms with Gasteiger partial charge in [0.1, 0.15) is 11.4 Å². The summed E-state index contributed by atoms with van der Waals surface area (Å²) in [5.74, 6) is 0.0536. The number of hydrogen-bond acceptors (Lipinski definition) is 4. The number of aromatic nitrogens is 2. The van der Waals surface area contributed by atoms with Crippen LogP contribution in [0.5, 0.6) is 5.75 Å². The van der Waals surface area contributed by atoms with Crippen LogP contribution in [-0.4, -0.2) is 22.8 Å². The van der Waals surface area contributed by atoms with Gasteiger partial charge in [-0.05, 0) is 30.7 Å². The van der Waals surface area contributed by atoms with Gasteiger partial charge in [-0.15, -0.1) is 0 Å². The molecular formula is C16H18ClN3O3. The van der Waals surface area contributed by atoms with Gasteiger partial charge in [0.05, 0.1) is 12.8 Å². The molecule has 0 radical (unpaired) electrons. The molecule has 1 aromatic carbocycles. The number of nitrogens with zero attached hydrogens (tertiary/aromatic N) is 2. The first-order valence-electron chi connectivity index (χ1n) is 7.28. The van der Waals surface area contributed by atoms with Gasteiger partial charge < -0.3 is 10.1 Å². The van der Waals surface area contributed by atoms with E-state index in [4.69, 9.17) is 16.3 Å². The molecule has 2 rings (SSSR count). The lowest BCUT2D eigenvalue weighted by Crippen LogP contribution is -2.26. The molecule has 23 heavy (non-hydrogen) atoms. The maximum Gasteiger partial charge on any atom is 0.276 e. The second-order valence-corrected chi connectivity index (χ2v) is 5.37. The zero-order valence-corrected chi connectivity index (χ0v) is 13.8. The van der Waals surface area contributed by atoms with Crippen molar-refractivity contribution >= 4 is 23.2 Å². The SMILES string of the molecule is CCCCn1nc(C(=O)Nc2cc(Cl)ccc2OC)ccc1=O. The van der Waals surface area contributed by atoms with Crippen molar-refractivity contribution in [2.75, 3.05) is 12.4 Å². The number of rotatable bonds is 6. The third kappa shape index (κ3) is 4.32. The van der Waals surface area contributed by atoms with E-state index in [-0.39, 0.29) is 11.3 Å². The van der Waals surface area contributed by atoms with E-state index in [1.165, 1.54) is 23.9 Å². The number of halogens is 1. The second kappa shape index (κ2) is 7.78. The van der Waals surface area contributed by atoms with E-state index in [1.54, 1.807) is 18.2 Å². The number of anilines is 1. The van der Waals surface area contributed by atoms with Gasteiger partial charge in [0, 0.05) is 17.6 Å². The molecule has 0 aliphatic carbocycles. The van der Waals surface area contributed by atoms with Crippen LogP contribution in [0.25, 0.3) is 0 Å². The highest BCUT2D eigenvalue weighted by atomic mass is 35.5. The Bertz CT molecular complexity index is 758. The van der Waals surface area contributed by atoms with E-state index >= 15 is 0 Å². The van der Waals surface area contributed by atoms with E-state index in [9.17, 15) is 9.59 Å². The Hall–Kier alpha value is -2.34. The van der Waals surface area contributed by atoms with Gasteiger partial charge in [0.25, 0.3) is 11.5 Å². The third-order valence-electron chi connectivity index (χ3n) is 3.23. The van der Waals surface area contributed by atoms with Crippen molar-refractivity contribution in [3.63, 3.8) is 0 Å². The molecule has 6 nitrogen and oxygen atoms in total. The Morgan fingerprint density at radius 1 is 1.35 bits per heavy atom. The zero-order chi connectivity index (χ0) is 16.8. The van der Waals surface area contributed by atoms with Gasteiger partial charge in [0.15, 0.2) is 0 Å². The number of benzene rings is 1. The summed E-state index contributed by atoms with van der Waals surface area (Å²) in [5.41, 5.74) is 0.371. The molecule has 1 N–H and O–H groups in total. The van der Waals surface area contributed by atoms with Crippen molar-refractivity contribution < 1.29 is 9.53 Å². The molecule has 0 saturated carbocycles. The fourth-order valence-electron chi connectivity index (χ4n) is 2.00. The number of carbonyl (C=O) groups excluding carboxylic acids is 1. The number of hydrogen-bond donors (Lipinski definition) is 1. The number of nitrogens with one attached hydrogen (secondary N) is 1. The molecule has 0 fully saturated rings. The summed E-state index contributed by atoms with van der Waals surface area (Å²) < 4.78 is 6.48. The molecule has 2 aromatic rings. The van der Waals surface area contributed by atoms with Crippen LogP contribution in [0.2, 0.25) is 5.02 Å². The molecule has 0 spiro atoms. The summed E-state index contributed by atoms with van der Waals surface area (Å²) in [6.07, 6.45) is 1.75. The van der Waals surface area contributed by atoms with Crippen molar-refractivity contribution in [3.05, 3.63) is 51.4 Å². The molecule has 0 aliphatic heterocycles. The fraction of sp³-hybridized carbons (Fsp3) is 0.312. The topological polar surface area (TPSA) is 73.2 Å². The maximum absolute atomic E-state index is 12.3. The van der Waals surface area contributed by atoms with Gasteiger partial charge in [-0.2, -0.15) is 5.10 Å². The first-order chi connectivity index (χ1) is 11.0. The Balaban J connectivity index is 2.24. The molecule has 0 saturated heterocycles. The van der Waals surface area contributed by atoms with Crippen molar-refractivity contribution in [3.8, 4) is 5.75 Å². The van der Waals surface area contributed by atoms with Gasteiger partial charge in [-0.25, -0.2) is 4.68 Å². The van der Waals surface area contributed by atoms with Crippen LogP contribution in [-0.2, 0) is 6.54 Å². The number of methoxy groups -OCH3 is 1. The summed E-state index contributed by atoms with van der Waals surface area (Å²) in [5, 5.41) is 7.27. The van der Waals surface area contributed by atoms with E-state index in [2.05, 4.69) is 10.4 Å². The van der Waals surface area contributed by atoms with Crippen LogP contribution in [0.1, 0.15) is 30.3 Å². The second-order valence-electron chi connectivity index (χ2n) is 4.93. The Morgan fingerprint density at radius 2 is 2.13 bits per heavy atom. The van der Waals surface area contributed by atoms with Crippen molar-refractivity contribution in [2.45, 2.75) is 26.3 Å². The minimum atomic E-state index is -0.434. The number of aryl methyl sites for hydroxylation is 1. The van der Waals surface area contributed by atoms with E-state index < -0.39 is 5.91 Å². The van der Waals surface area contributed by atoms with Crippen LogP contribution in [0.15, 0.2) is 35.1 Å². The molecule has 1 amide bonds. The van der Waals surface area contributed by atoms with Gasteiger partial charge >= 0.3 is 0 Å². The van der Waals surface area contributed by atoms with Gasteiger partial charge in [0.2, 0.25) is 0 Å². The van der Waals surface area contributed by atoms with Crippen LogP contribution >= 0.6 is 11.6 Å². The summed E-state index contributed by atoms with van der Waals surface area (Å²) in [6, 6.07) is 7.65. The van der Waals surface area contributed by atoms with E-state index in [1.807, 2.05) is 6.92 Å². The highest BCUT2D eigenvalue weighted by Gasteiger charge is 2.13. The number of unbranched alkanes of at least 4 members (excludes halogenated alkanes) is 1. The summed E-state index contributed by atoms with van der Waals surface area (Å²) in [7, 11) is 1.50. The monoisotopic (exact) mass is 335 g/mol. The third-order valence-corrected chi connectivity index (χ3v) is 3.47. The first-order valence-corrected chi connectivity index (χ1v) is 7.66. The van der Waals surface area contributed by atoms with Crippen molar-refractivity contribution in [1.82, 2.24) is 9.78 Å². The van der Waals surface area contributed by atoms with E-state index in [0.717, 1.165) is 12.8 Å². The Kier molecular flexibility index (Phi) is 5.76. The molecule has 1 aromatic heterocycles. The van der Waals surface area contributed by atoms with Crippen LogP contribution < -0.4 is 15.6 Å². The molecule has 122 valence electrons. The number of carbonyl (C=O) groups is 1. The molecule has 1 heterocycles. The Labute approximate surface area is 139 Å². The smallest absolute Gasteiger partial charge is 0.276 e. The average molecular weight is 336 g/mol. The summed E-state index contributed by atoms with van der Waals surface area (Å²) in [6.45, 7) is 2.50. The summed E-state index contributed by atoms with van der Waals surface area (Å²) in [4.78, 5) is 24.1. The lowest BCUT2D eigenvalue weighted by atomic mass is 10.2. The lowest BCUT2D eigenvalue weighted by Gasteiger charge is -2.11. The number of ether oxygens (including phenoxy) is 1. The molecule has 0 aliphatic rings. The minimum absolute atomic E-state index is 0.155. The maximum atomic E-state index is 12.3. The van der Waals surface area contributed by atoms with E-state index in [0.29, 0.717) is 23.0 Å². The molecular weight excluding hydrogens is 318 g/mol. The molecule has 0 unspecified atom stereocenters.